The second kappa shape index (κ2) is 4.63. The van der Waals surface area contributed by atoms with Gasteiger partial charge in [-0.3, -0.25) is 0 Å². The fraction of sp³-hybridized carbons (Fsp3) is 0.444. The van der Waals surface area contributed by atoms with Gasteiger partial charge in [-0.25, -0.2) is 10.8 Å². The Balaban J connectivity index is 1.83. The molecule has 1 fully saturated rings. The van der Waals surface area contributed by atoms with E-state index in [4.69, 9.17) is 10.6 Å². The highest BCUT2D eigenvalue weighted by Gasteiger charge is 2.18. The summed E-state index contributed by atoms with van der Waals surface area (Å²) in [4.78, 5) is 4.14. The first-order valence-electron chi connectivity index (χ1n) is 4.49. The third-order valence-electron chi connectivity index (χ3n) is 2.07. The molecule has 76 valence electrons. The molecule has 0 saturated carbocycles. The van der Waals surface area contributed by atoms with Crippen molar-refractivity contribution in [3.63, 3.8) is 0 Å². The van der Waals surface area contributed by atoms with Crippen molar-refractivity contribution in [3.8, 4) is 0 Å². The molecule has 1 aromatic rings. The molecule has 0 aliphatic carbocycles. The number of pyridine rings is 1. The quantitative estimate of drug-likeness (QED) is 0.574. The van der Waals surface area contributed by atoms with Crippen molar-refractivity contribution in [1.29, 1.82) is 0 Å². The van der Waals surface area contributed by atoms with E-state index in [-0.39, 0.29) is 0 Å². The van der Waals surface area contributed by atoms with Crippen molar-refractivity contribution in [1.82, 2.24) is 4.98 Å². The van der Waals surface area contributed by atoms with E-state index in [1.807, 2.05) is 30.1 Å². The molecule has 4 nitrogen and oxygen atoms in total. The number of ether oxygens (including phenoxy) is 1. The van der Waals surface area contributed by atoms with E-state index in [0.29, 0.717) is 11.1 Å². The van der Waals surface area contributed by atoms with Gasteiger partial charge in [-0.15, -0.1) is 11.8 Å². The highest BCUT2D eigenvalue weighted by Crippen LogP contribution is 2.23. The summed E-state index contributed by atoms with van der Waals surface area (Å²) in [6.45, 7) is 1.78. The van der Waals surface area contributed by atoms with E-state index in [0.717, 1.165) is 19.0 Å². The van der Waals surface area contributed by atoms with Crippen molar-refractivity contribution >= 4 is 17.6 Å². The minimum absolute atomic E-state index is 0.669. The number of nitrogens with one attached hydrogen (secondary N) is 1. The van der Waals surface area contributed by atoms with E-state index in [2.05, 4.69) is 10.4 Å². The van der Waals surface area contributed by atoms with Crippen LogP contribution < -0.4 is 11.3 Å². The van der Waals surface area contributed by atoms with Crippen LogP contribution in [0.3, 0.4) is 0 Å². The van der Waals surface area contributed by atoms with Gasteiger partial charge in [0.2, 0.25) is 0 Å². The van der Waals surface area contributed by atoms with Gasteiger partial charge in [-0.2, -0.15) is 0 Å². The molecule has 1 aromatic heterocycles. The molecule has 0 atom stereocenters. The van der Waals surface area contributed by atoms with Gasteiger partial charge >= 0.3 is 0 Å². The van der Waals surface area contributed by atoms with Gasteiger partial charge < -0.3 is 10.2 Å². The second-order valence-corrected chi connectivity index (χ2v) is 4.46. The second-order valence-electron chi connectivity index (χ2n) is 3.17. The van der Waals surface area contributed by atoms with Gasteiger partial charge in [0.1, 0.15) is 5.82 Å². The molecule has 1 aliphatic heterocycles. The molecule has 1 aliphatic rings. The third-order valence-corrected chi connectivity index (χ3v) is 3.31. The van der Waals surface area contributed by atoms with Gasteiger partial charge in [0, 0.05) is 11.9 Å². The number of hydrogen-bond donors (Lipinski definition) is 2. The standard InChI is InChI=1S/C9H13N3OS/c10-12-9-2-1-7(3-11-9)6-14-8-4-13-5-8/h1-3,8H,4-6,10H2,(H,11,12). The molecule has 0 bridgehead atoms. The Bertz CT molecular complexity index is 287. The lowest BCUT2D eigenvalue weighted by Gasteiger charge is -2.25. The van der Waals surface area contributed by atoms with E-state index in [1.54, 1.807) is 0 Å². The number of hydrazine groups is 1. The number of thioether (sulfide) groups is 1. The normalized spacial score (nSPS) is 16.4. The zero-order chi connectivity index (χ0) is 9.80. The minimum Gasteiger partial charge on any atom is -0.379 e. The van der Waals surface area contributed by atoms with Crippen LogP contribution in [0.5, 0.6) is 0 Å². The van der Waals surface area contributed by atoms with Gasteiger partial charge in [-0.1, -0.05) is 6.07 Å². The molecule has 2 rings (SSSR count). The first-order valence-corrected chi connectivity index (χ1v) is 5.54. The summed E-state index contributed by atoms with van der Waals surface area (Å²) in [6.07, 6.45) is 1.85. The molecular formula is C9H13N3OS. The van der Waals surface area contributed by atoms with Crippen molar-refractivity contribution in [3.05, 3.63) is 23.9 Å². The molecule has 5 heteroatoms. The molecule has 0 unspecified atom stereocenters. The largest absolute Gasteiger partial charge is 0.379 e. The number of anilines is 1. The van der Waals surface area contributed by atoms with Gasteiger partial charge in [-0.05, 0) is 11.6 Å². The van der Waals surface area contributed by atoms with Crippen LogP contribution in [0.15, 0.2) is 18.3 Å². The number of hydrogen-bond acceptors (Lipinski definition) is 5. The highest BCUT2D eigenvalue weighted by molar-refractivity contribution is 7.99. The molecule has 3 N–H and O–H groups in total. The topological polar surface area (TPSA) is 60.2 Å². The summed E-state index contributed by atoms with van der Waals surface area (Å²) in [5, 5.41) is 0.669. The Morgan fingerprint density at radius 3 is 2.93 bits per heavy atom. The van der Waals surface area contributed by atoms with Crippen molar-refractivity contribution in [2.75, 3.05) is 18.6 Å². The average Bonchev–Trinajstić information content (AvgIpc) is 2.16. The highest BCUT2D eigenvalue weighted by atomic mass is 32.2. The van der Waals surface area contributed by atoms with Gasteiger partial charge in [0.05, 0.1) is 18.5 Å². The Morgan fingerprint density at radius 2 is 2.43 bits per heavy atom. The smallest absolute Gasteiger partial charge is 0.139 e. The van der Waals surface area contributed by atoms with Crippen LogP contribution >= 0.6 is 11.8 Å². The Labute approximate surface area is 87.2 Å². The van der Waals surface area contributed by atoms with Crippen molar-refractivity contribution in [2.24, 2.45) is 5.84 Å². The fourth-order valence-electron chi connectivity index (χ4n) is 1.12. The molecule has 2 heterocycles. The lowest BCUT2D eigenvalue weighted by Crippen LogP contribution is -2.30. The number of aromatic nitrogens is 1. The van der Waals surface area contributed by atoms with E-state index < -0.39 is 0 Å². The zero-order valence-corrected chi connectivity index (χ0v) is 8.59. The van der Waals surface area contributed by atoms with Crippen LogP contribution in [0.2, 0.25) is 0 Å². The zero-order valence-electron chi connectivity index (χ0n) is 7.77. The summed E-state index contributed by atoms with van der Waals surface area (Å²) in [6, 6.07) is 3.92. The van der Waals surface area contributed by atoms with E-state index >= 15 is 0 Å². The molecule has 0 radical (unpaired) electrons. The summed E-state index contributed by atoms with van der Waals surface area (Å²) < 4.78 is 5.10. The van der Waals surface area contributed by atoms with Crippen molar-refractivity contribution < 1.29 is 4.74 Å². The van der Waals surface area contributed by atoms with Crippen LogP contribution in [0.25, 0.3) is 0 Å². The third kappa shape index (κ3) is 2.37. The van der Waals surface area contributed by atoms with Crippen LogP contribution in [0.1, 0.15) is 5.56 Å². The Morgan fingerprint density at radius 1 is 1.57 bits per heavy atom. The number of nitrogens with zero attached hydrogens (tertiary/aromatic N) is 1. The van der Waals surface area contributed by atoms with Crippen molar-refractivity contribution in [2.45, 2.75) is 11.0 Å². The van der Waals surface area contributed by atoms with Crippen LogP contribution in [-0.4, -0.2) is 23.4 Å². The lowest BCUT2D eigenvalue weighted by molar-refractivity contribution is 0.0455. The molecular weight excluding hydrogens is 198 g/mol. The Kier molecular flexibility index (Phi) is 3.23. The molecule has 14 heavy (non-hydrogen) atoms. The number of rotatable bonds is 4. The van der Waals surface area contributed by atoms with Gasteiger partial charge in [0.25, 0.3) is 0 Å². The summed E-state index contributed by atoms with van der Waals surface area (Å²) in [5.41, 5.74) is 3.73. The van der Waals surface area contributed by atoms with Crippen LogP contribution in [0, 0.1) is 0 Å². The maximum Gasteiger partial charge on any atom is 0.139 e. The fourth-order valence-corrected chi connectivity index (χ4v) is 2.10. The molecule has 1 saturated heterocycles. The first kappa shape index (κ1) is 9.76. The molecule has 0 amide bonds. The summed E-state index contributed by atoms with van der Waals surface area (Å²) >= 11 is 1.91. The predicted molar refractivity (Wildman–Crippen MR) is 57.9 cm³/mol. The van der Waals surface area contributed by atoms with Gasteiger partial charge in [0.15, 0.2) is 0 Å². The van der Waals surface area contributed by atoms with E-state index in [9.17, 15) is 0 Å². The van der Waals surface area contributed by atoms with E-state index in [1.165, 1.54) is 5.56 Å². The average molecular weight is 211 g/mol. The lowest BCUT2D eigenvalue weighted by atomic mass is 10.3. The summed E-state index contributed by atoms with van der Waals surface area (Å²) in [5.74, 6) is 6.91. The minimum atomic E-state index is 0.669. The Hall–Kier alpha value is -0.780. The first-order chi connectivity index (χ1) is 6.88. The monoisotopic (exact) mass is 211 g/mol. The molecule has 0 aromatic carbocycles. The van der Waals surface area contributed by atoms with Crippen LogP contribution in [-0.2, 0) is 10.5 Å². The maximum absolute atomic E-state index is 5.22. The molecule has 0 spiro atoms. The SMILES string of the molecule is NNc1ccc(CSC2COC2)cn1. The predicted octanol–water partition coefficient (Wildman–Crippen LogP) is 0.999. The summed E-state index contributed by atoms with van der Waals surface area (Å²) in [7, 11) is 0. The number of nitrogen functional groups attached to an aromatic ring is 1. The van der Waals surface area contributed by atoms with Crippen LogP contribution in [0.4, 0.5) is 5.82 Å². The maximum atomic E-state index is 5.22. The number of nitrogens with two attached hydrogens (primary N) is 1.